The first-order valence-corrected chi connectivity index (χ1v) is 23.9. The van der Waals surface area contributed by atoms with E-state index in [1.54, 1.807) is 0 Å². The van der Waals surface area contributed by atoms with Gasteiger partial charge in [-0.05, 0) is 125 Å². The SMILES string of the molecule is c1ccc(-c2ccc3c(c2)c2ccccc2c2ccccc2c2cc(-c4ccccc4)ccc2n3-c2cccc3c2-c2ccccc2C32c3ccccc3-c3c2ccc2oc4ccccc4c32)cc1. The van der Waals surface area contributed by atoms with Gasteiger partial charge in [0.1, 0.15) is 11.2 Å². The zero-order valence-electron chi connectivity index (χ0n) is 37.5. The van der Waals surface area contributed by atoms with E-state index in [1.807, 2.05) is 0 Å². The maximum Gasteiger partial charge on any atom is 0.136 e. The number of para-hydroxylation sites is 1. The molecule has 1 atom stereocenters. The summed E-state index contributed by atoms with van der Waals surface area (Å²) in [4.78, 5) is 0. The maximum absolute atomic E-state index is 6.60. The molecule has 0 radical (unpaired) electrons. The first kappa shape index (κ1) is 38.2. The van der Waals surface area contributed by atoms with Gasteiger partial charge in [-0.25, -0.2) is 0 Å². The summed E-state index contributed by atoms with van der Waals surface area (Å²) in [7, 11) is 0. The minimum absolute atomic E-state index is 0.584. The van der Waals surface area contributed by atoms with Gasteiger partial charge in [-0.1, -0.05) is 206 Å². The molecular formula is C67H41NO. The van der Waals surface area contributed by atoms with Crippen molar-refractivity contribution in [3.63, 3.8) is 0 Å². The molecule has 2 heterocycles. The largest absolute Gasteiger partial charge is 0.456 e. The summed E-state index contributed by atoms with van der Waals surface area (Å²) in [6.07, 6.45) is 0. The molecule has 0 saturated heterocycles. The molecule has 0 fully saturated rings. The van der Waals surface area contributed by atoms with Crippen LogP contribution in [0.5, 0.6) is 0 Å². The normalized spacial score (nSPS) is 14.4. The Labute approximate surface area is 398 Å². The average Bonchev–Trinajstić information content (AvgIpc) is 4.06. The third-order valence-corrected chi connectivity index (χ3v) is 15.2. The van der Waals surface area contributed by atoms with E-state index in [0.29, 0.717) is 0 Å². The fourth-order valence-electron chi connectivity index (χ4n) is 12.5. The smallest absolute Gasteiger partial charge is 0.136 e. The Hall–Kier alpha value is -8.98. The van der Waals surface area contributed by atoms with Crippen molar-refractivity contribution in [2.24, 2.45) is 0 Å². The zero-order chi connectivity index (χ0) is 45.2. The van der Waals surface area contributed by atoms with Crippen molar-refractivity contribution in [3.8, 4) is 50.2 Å². The standard InChI is InChI=1S/C67H41NO/c1-3-18-42(19-4-1)44-34-37-59-53(40-44)48-24-9-7-22-46(48)47-23-8-10-25-49(47)54-41-45(43-20-5-2-6-21-43)35-38-60(54)68(59)61-32-17-31-57-64(61)50-26-11-14-29-55(50)67(57)56-30-15-12-27-51(56)65-58(67)36-39-63-66(65)52-28-13-16-33-62(52)69-63/h1-41H. The van der Waals surface area contributed by atoms with Crippen LogP contribution >= 0.6 is 0 Å². The Bertz CT molecular complexity index is 4220. The van der Waals surface area contributed by atoms with Crippen LogP contribution in [0.2, 0.25) is 0 Å². The lowest BCUT2D eigenvalue weighted by Gasteiger charge is -2.30. The third-order valence-electron chi connectivity index (χ3n) is 15.2. The van der Waals surface area contributed by atoms with Crippen molar-refractivity contribution in [3.05, 3.63) is 271 Å². The van der Waals surface area contributed by atoms with E-state index in [9.17, 15) is 0 Å². The number of rotatable bonds is 3. The van der Waals surface area contributed by atoms with Gasteiger partial charge < -0.3 is 8.98 Å². The molecule has 1 spiro atoms. The van der Waals surface area contributed by atoms with Gasteiger partial charge in [0.05, 0.1) is 22.1 Å². The molecule has 0 saturated carbocycles. The van der Waals surface area contributed by atoms with Crippen LogP contribution in [0.3, 0.4) is 0 Å². The van der Waals surface area contributed by atoms with Crippen molar-refractivity contribution in [2.45, 2.75) is 5.41 Å². The molecule has 320 valence electrons. The molecule has 0 bridgehead atoms. The van der Waals surface area contributed by atoms with Gasteiger partial charge in [0.15, 0.2) is 0 Å². The van der Waals surface area contributed by atoms with Crippen molar-refractivity contribution in [1.82, 2.24) is 4.57 Å². The van der Waals surface area contributed by atoms with Gasteiger partial charge in [-0.15, -0.1) is 0 Å². The van der Waals surface area contributed by atoms with Gasteiger partial charge in [0.25, 0.3) is 0 Å². The highest BCUT2D eigenvalue weighted by atomic mass is 16.3. The number of furan rings is 1. The lowest BCUT2D eigenvalue weighted by atomic mass is 9.70. The maximum atomic E-state index is 6.60. The van der Waals surface area contributed by atoms with E-state index >= 15 is 0 Å². The van der Waals surface area contributed by atoms with Crippen LogP contribution in [0.1, 0.15) is 22.3 Å². The molecule has 0 aliphatic heterocycles. The van der Waals surface area contributed by atoms with E-state index in [4.69, 9.17) is 4.42 Å². The molecule has 2 heteroatoms. The fraction of sp³-hybridized carbons (Fsp3) is 0.0149. The van der Waals surface area contributed by atoms with Crippen LogP contribution in [0, 0.1) is 0 Å². The van der Waals surface area contributed by atoms with Crippen molar-refractivity contribution < 1.29 is 4.42 Å². The highest BCUT2D eigenvalue weighted by molar-refractivity contribution is 6.21. The highest BCUT2D eigenvalue weighted by Gasteiger charge is 2.53. The molecule has 11 aromatic carbocycles. The lowest BCUT2D eigenvalue weighted by Crippen LogP contribution is -2.25. The monoisotopic (exact) mass is 875 g/mol. The molecule has 15 rings (SSSR count). The number of hydrogen-bond donors (Lipinski definition) is 0. The molecule has 13 aromatic rings. The van der Waals surface area contributed by atoms with Crippen molar-refractivity contribution in [2.75, 3.05) is 0 Å². The third kappa shape index (κ3) is 5.26. The summed E-state index contributed by atoms with van der Waals surface area (Å²) in [6.45, 7) is 0. The van der Waals surface area contributed by atoms with Crippen molar-refractivity contribution in [1.29, 1.82) is 0 Å². The summed E-state index contributed by atoms with van der Waals surface area (Å²) < 4.78 is 9.19. The van der Waals surface area contributed by atoms with Crippen LogP contribution in [0.4, 0.5) is 0 Å². The van der Waals surface area contributed by atoms with Gasteiger partial charge in [-0.2, -0.15) is 0 Å². The van der Waals surface area contributed by atoms with Gasteiger partial charge in [0.2, 0.25) is 0 Å². The van der Waals surface area contributed by atoms with Crippen LogP contribution in [0.15, 0.2) is 253 Å². The second kappa shape index (κ2) is 14.5. The van der Waals surface area contributed by atoms with Crippen molar-refractivity contribution >= 4 is 65.3 Å². The van der Waals surface area contributed by atoms with Crippen LogP contribution < -0.4 is 0 Å². The number of aromatic nitrogens is 1. The molecule has 2 aliphatic carbocycles. The number of benzene rings is 11. The Balaban J connectivity index is 1.15. The average molecular weight is 876 g/mol. The number of hydrogen-bond acceptors (Lipinski definition) is 1. The van der Waals surface area contributed by atoms with E-state index in [2.05, 4.69) is 253 Å². The first-order valence-electron chi connectivity index (χ1n) is 23.9. The first-order chi connectivity index (χ1) is 34.3. The van der Waals surface area contributed by atoms with Crippen LogP contribution in [0.25, 0.3) is 115 Å². The molecular weight excluding hydrogens is 835 g/mol. The Morgan fingerprint density at radius 2 is 0.754 bits per heavy atom. The van der Waals surface area contributed by atoms with Crippen LogP contribution in [-0.4, -0.2) is 4.57 Å². The Kier molecular flexibility index (Phi) is 8.02. The van der Waals surface area contributed by atoms with Gasteiger partial charge >= 0.3 is 0 Å². The molecule has 0 N–H and O–H groups in total. The lowest BCUT2D eigenvalue weighted by molar-refractivity contribution is 0.668. The fourth-order valence-corrected chi connectivity index (χ4v) is 12.5. The Morgan fingerprint density at radius 3 is 1.35 bits per heavy atom. The second-order valence-corrected chi connectivity index (χ2v) is 18.6. The molecule has 2 aromatic heterocycles. The van der Waals surface area contributed by atoms with E-state index < -0.39 is 5.41 Å². The number of nitrogens with zero attached hydrogens (tertiary/aromatic N) is 1. The van der Waals surface area contributed by atoms with E-state index in [1.165, 1.54) is 104 Å². The Morgan fingerprint density at radius 1 is 0.290 bits per heavy atom. The van der Waals surface area contributed by atoms with E-state index in [0.717, 1.165) is 33.3 Å². The highest BCUT2D eigenvalue weighted by Crippen LogP contribution is 2.65. The summed E-state index contributed by atoms with van der Waals surface area (Å²) >= 11 is 0. The van der Waals surface area contributed by atoms with Crippen LogP contribution in [-0.2, 0) is 5.41 Å². The summed E-state index contributed by atoms with van der Waals surface area (Å²) in [5.41, 5.74) is 19.5. The summed E-state index contributed by atoms with van der Waals surface area (Å²) in [5.74, 6) is 0. The second-order valence-electron chi connectivity index (χ2n) is 18.6. The van der Waals surface area contributed by atoms with Gasteiger partial charge in [0, 0.05) is 27.1 Å². The topological polar surface area (TPSA) is 18.1 Å². The summed E-state index contributed by atoms with van der Waals surface area (Å²) in [5, 5.41) is 9.47. The predicted octanol–water partition coefficient (Wildman–Crippen LogP) is 17.8. The zero-order valence-corrected chi connectivity index (χ0v) is 37.5. The molecule has 1 unspecified atom stereocenters. The van der Waals surface area contributed by atoms with Gasteiger partial charge in [-0.3, -0.25) is 0 Å². The minimum Gasteiger partial charge on any atom is -0.456 e. The minimum atomic E-state index is -0.584. The molecule has 2 nitrogen and oxygen atoms in total. The predicted molar refractivity (Wildman–Crippen MR) is 288 cm³/mol. The van der Waals surface area contributed by atoms with E-state index in [-0.39, 0.29) is 0 Å². The number of fused-ring (bicyclic) bond motifs is 21. The quantitative estimate of drug-likeness (QED) is 0.173. The molecule has 69 heavy (non-hydrogen) atoms. The molecule has 2 aliphatic rings. The summed E-state index contributed by atoms with van der Waals surface area (Å²) in [6, 6.07) is 92.2. The molecule has 0 amide bonds.